The van der Waals surface area contributed by atoms with Gasteiger partial charge >= 0.3 is 0 Å². The zero-order valence-electron chi connectivity index (χ0n) is 16.5. The number of anilines is 1. The maximum Gasteiger partial charge on any atom is 0.243 e. The molecule has 0 amide bonds. The molecule has 4 rings (SSSR count). The Labute approximate surface area is 175 Å². The third kappa shape index (κ3) is 4.10. The number of piperidine rings is 1. The van der Waals surface area contributed by atoms with Crippen molar-refractivity contribution < 1.29 is 17.3 Å². The summed E-state index contributed by atoms with van der Waals surface area (Å²) >= 11 is 0. The standard InChI is InChI=1S/C21H22N4O4S/c1-15-4-2-10-25(14-15)30(26,27)18-8-6-16(7-9-18)20-24-19(12-22)21(29-20)23-13-17-5-3-11-28-17/h3,5-9,11,15,23H,2,4,10,13-14H2,1H3/t15-/m1/s1. The number of sulfonamides is 1. The van der Waals surface area contributed by atoms with Crippen LogP contribution < -0.4 is 5.32 Å². The van der Waals surface area contributed by atoms with Crippen LogP contribution >= 0.6 is 0 Å². The molecule has 0 saturated carbocycles. The third-order valence-electron chi connectivity index (χ3n) is 5.10. The molecule has 1 aromatic carbocycles. The monoisotopic (exact) mass is 426 g/mol. The predicted molar refractivity (Wildman–Crippen MR) is 110 cm³/mol. The van der Waals surface area contributed by atoms with Crippen molar-refractivity contribution in [3.8, 4) is 17.5 Å². The minimum Gasteiger partial charge on any atom is -0.467 e. The zero-order chi connectivity index (χ0) is 21.1. The molecule has 0 aliphatic carbocycles. The van der Waals surface area contributed by atoms with Gasteiger partial charge in [-0.2, -0.15) is 14.6 Å². The van der Waals surface area contributed by atoms with Crippen LogP contribution in [0, 0.1) is 17.2 Å². The average molecular weight is 426 g/mol. The van der Waals surface area contributed by atoms with Crippen molar-refractivity contribution in [3.63, 3.8) is 0 Å². The minimum absolute atomic E-state index is 0.121. The molecule has 1 aliphatic rings. The first-order valence-corrected chi connectivity index (χ1v) is 11.2. The number of nitrogens with zero attached hydrogens (tertiary/aromatic N) is 3. The lowest BCUT2D eigenvalue weighted by molar-refractivity contribution is 0.281. The second kappa shape index (κ2) is 8.34. The largest absolute Gasteiger partial charge is 0.467 e. The maximum atomic E-state index is 12.9. The SMILES string of the molecule is C[C@@H]1CCCN(S(=O)(=O)c2ccc(-c3nc(C#N)c(NCc4ccco4)o3)cc2)C1. The number of hydrogen-bond acceptors (Lipinski definition) is 7. The summed E-state index contributed by atoms with van der Waals surface area (Å²) in [5, 5.41) is 12.3. The molecule has 1 N–H and O–H groups in total. The zero-order valence-corrected chi connectivity index (χ0v) is 17.4. The van der Waals surface area contributed by atoms with E-state index in [-0.39, 0.29) is 22.4 Å². The number of benzene rings is 1. The summed E-state index contributed by atoms with van der Waals surface area (Å²) in [5.41, 5.74) is 0.707. The Morgan fingerprint density at radius 2 is 2.10 bits per heavy atom. The van der Waals surface area contributed by atoms with Crippen LogP contribution in [0.4, 0.5) is 5.88 Å². The van der Waals surface area contributed by atoms with Gasteiger partial charge in [0.15, 0.2) is 0 Å². The predicted octanol–water partition coefficient (Wildman–Crippen LogP) is 3.84. The molecule has 0 radical (unpaired) electrons. The molecule has 1 saturated heterocycles. The fraction of sp³-hybridized carbons (Fsp3) is 0.333. The molecule has 156 valence electrons. The third-order valence-corrected chi connectivity index (χ3v) is 6.97. The smallest absolute Gasteiger partial charge is 0.243 e. The topological polar surface area (TPSA) is 112 Å². The molecule has 30 heavy (non-hydrogen) atoms. The van der Waals surface area contributed by atoms with Crippen molar-refractivity contribution in [3.05, 3.63) is 54.1 Å². The van der Waals surface area contributed by atoms with Crippen LogP contribution in [0.1, 0.15) is 31.2 Å². The lowest BCUT2D eigenvalue weighted by Gasteiger charge is -2.30. The van der Waals surface area contributed by atoms with Gasteiger partial charge in [0.25, 0.3) is 0 Å². The van der Waals surface area contributed by atoms with Gasteiger partial charge in [0.05, 0.1) is 17.7 Å². The Bertz CT molecular complexity index is 1140. The molecule has 1 atom stereocenters. The molecule has 9 heteroatoms. The van der Waals surface area contributed by atoms with Crippen molar-refractivity contribution in [2.24, 2.45) is 5.92 Å². The highest BCUT2D eigenvalue weighted by molar-refractivity contribution is 7.89. The molecule has 8 nitrogen and oxygen atoms in total. The summed E-state index contributed by atoms with van der Waals surface area (Å²) in [6.45, 7) is 3.50. The number of aromatic nitrogens is 1. The summed E-state index contributed by atoms with van der Waals surface area (Å²) in [7, 11) is -3.53. The summed E-state index contributed by atoms with van der Waals surface area (Å²) in [6, 6.07) is 12.0. The first-order valence-electron chi connectivity index (χ1n) is 9.75. The molecule has 3 aromatic rings. The van der Waals surface area contributed by atoms with E-state index in [1.54, 1.807) is 47.0 Å². The van der Waals surface area contributed by atoms with Crippen molar-refractivity contribution >= 4 is 15.9 Å². The summed E-state index contributed by atoms with van der Waals surface area (Å²) < 4.78 is 38.3. The van der Waals surface area contributed by atoms with E-state index in [0.717, 1.165) is 12.8 Å². The van der Waals surface area contributed by atoms with E-state index < -0.39 is 10.0 Å². The highest BCUT2D eigenvalue weighted by atomic mass is 32.2. The maximum absolute atomic E-state index is 12.9. The quantitative estimate of drug-likeness (QED) is 0.637. The van der Waals surface area contributed by atoms with E-state index in [1.807, 2.05) is 6.07 Å². The van der Waals surface area contributed by atoms with Crippen LogP contribution in [-0.2, 0) is 16.6 Å². The fourth-order valence-electron chi connectivity index (χ4n) is 3.50. The van der Waals surface area contributed by atoms with Crippen molar-refractivity contribution in [2.75, 3.05) is 18.4 Å². The minimum atomic E-state index is -3.53. The van der Waals surface area contributed by atoms with Crippen LogP contribution in [0.3, 0.4) is 0 Å². The van der Waals surface area contributed by atoms with Crippen LogP contribution in [0.15, 0.2) is 56.4 Å². The Kier molecular flexibility index (Phi) is 5.61. The normalized spacial score (nSPS) is 17.5. The molecule has 1 aliphatic heterocycles. The molecule has 0 bridgehead atoms. The average Bonchev–Trinajstić information content (AvgIpc) is 3.42. The second-order valence-electron chi connectivity index (χ2n) is 7.38. The summed E-state index contributed by atoms with van der Waals surface area (Å²) in [6.07, 6.45) is 3.49. The van der Waals surface area contributed by atoms with Gasteiger partial charge in [-0.3, -0.25) is 0 Å². The second-order valence-corrected chi connectivity index (χ2v) is 9.31. The van der Waals surface area contributed by atoms with E-state index >= 15 is 0 Å². The van der Waals surface area contributed by atoms with Gasteiger partial charge in [-0.1, -0.05) is 6.92 Å². The highest BCUT2D eigenvalue weighted by Gasteiger charge is 2.28. The van der Waals surface area contributed by atoms with Gasteiger partial charge in [-0.05, 0) is 55.2 Å². The summed E-state index contributed by atoms with van der Waals surface area (Å²) in [4.78, 5) is 4.45. The molecule has 0 unspecified atom stereocenters. The van der Waals surface area contributed by atoms with Gasteiger partial charge in [-0.25, -0.2) is 8.42 Å². The fourth-order valence-corrected chi connectivity index (χ4v) is 5.10. The number of nitrogens with one attached hydrogen (secondary N) is 1. The van der Waals surface area contributed by atoms with Crippen LogP contribution in [0.2, 0.25) is 0 Å². The van der Waals surface area contributed by atoms with Gasteiger partial charge in [-0.15, -0.1) is 0 Å². The van der Waals surface area contributed by atoms with E-state index in [4.69, 9.17) is 8.83 Å². The number of rotatable bonds is 6. The molecule has 3 heterocycles. The van der Waals surface area contributed by atoms with E-state index in [2.05, 4.69) is 17.2 Å². The number of nitriles is 1. The number of furan rings is 1. The number of oxazole rings is 1. The lowest BCUT2D eigenvalue weighted by Crippen LogP contribution is -2.39. The Hall–Kier alpha value is -3.09. The van der Waals surface area contributed by atoms with Gasteiger partial charge < -0.3 is 14.2 Å². The molecule has 0 spiro atoms. The van der Waals surface area contributed by atoms with Gasteiger partial charge in [0.2, 0.25) is 27.5 Å². The molecular formula is C21H22N4O4S. The number of hydrogen-bond donors (Lipinski definition) is 1. The first-order chi connectivity index (χ1) is 14.5. The first kappa shape index (κ1) is 20.2. The van der Waals surface area contributed by atoms with Crippen LogP contribution in [-0.4, -0.2) is 30.8 Å². The van der Waals surface area contributed by atoms with E-state index in [0.29, 0.717) is 36.9 Å². The Morgan fingerprint density at radius 1 is 1.30 bits per heavy atom. The van der Waals surface area contributed by atoms with Crippen molar-refractivity contribution in [1.82, 2.24) is 9.29 Å². The summed E-state index contributed by atoms with van der Waals surface area (Å²) in [5.74, 6) is 1.53. The van der Waals surface area contributed by atoms with E-state index in [1.165, 1.54) is 0 Å². The molecular weight excluding hydrogens is 404 g/mol. The molecule has 1 fully saturated rings. The Balaban J connectivity index is 1.53. The van der Waals surface area contributed by atoms with Gasteiger partial charge in [0.1, 0.15) is 11.8 Å². The molecule has 2 aromatic heterocycles. The van der Waals surface area contributed by atoms with Crippen molar-refractivity contribution in [2.45, 2.75) is 31.2 Å². The lowest BCUT2D eigenvalue weighted by atomic mass is 10.0. The van der Waals surface area contributed by atoms with Crippen molar-refractivity contribution in [1.29, 1.82) is 5.26 Å². The van der Waals surface area contributed by atoms with Crippen LogP contribution in [0.5, 0.6) is 0 Å². The Morgan fingerprint density at radius 3 is 2.77 bits per heavy atom. The highest BCUT2D eigenvalue weighted by Crippen LogP contribution is 2.28. The van der Waals surface area contributed by atoms with Crippen LogP contribution in [0.25, 0.3) is 11.5 Å². The van der Waals surface area contributed by atoms with Gasteiger partial charge in [0, 0.05) is 18.7 Å². The van der Waals surface area contributed by atoms with E-state index in [9.17, 15) is 13.7 Å².